The molecule has 42 heavy (non-hydrogen) atoms. The molecule has 7 nitrogen and oxygen atoms in total. The first-order chi connectivity index (χ1) is 20.0. The number of aryl methyl sites for hydroxylation is 1. The highest BCUT2D eigenvalue weighted by molar-refractivity contribution is 8.00. The van der Waals surface area contributed by atoms with Gasteiger partial charge in [0.05, 0.1) is 16.9 Å². The Hall–Kier alpha value is -3.17. The number of imide groups is 1. The summed E-state index contributed by atoms with van der Waals surface area (Å²) in [6.45, 7) is 8.67. The lowest BCUT2D eigenvalue weighted by molar-refractivity contribution is -0.141. The maximum absolute atomic E-state index is 13.8. The van der Waals surface area contributed by atoms with Gasteiger partial charge < -0.3 is 10.3 Å². The SMILES string of the molecule is Cc1ccc(NC(=O)CCN2C(=O)C3C4CC(C3C2=O)C2C(c3ccc(C(C)(C)C)cc3)c3sc(=O)[nH]c3SC42)cc1. The second-order valence-corrected chi connectivity index (χ2v) is 15.5. The van der Waals surface area contributed by atoms with Gasteiger partial charge in [-0.05, 0) is 59.8 Å². The van der Waals surface area contributed by atoms with Crippen LogP contribution in [0.25, 0.3) is 0 Å². The predicted molar refractivity (Wildman–Crippen MR) is 165 cm³/mol. The Morgan fingerprint density at radius 1 is 0.976 bits per heavy atom. The van der Waals surface area contributed by atoms with Gasteiger partial charge in [0, 0.05) is 34.7 Å². The number of aromatic amines is 1. The van der Waals surface area contributed by atoms with E-state index in [1.807, 2.05) is 31.2 Å². The number of thioether (sulfide) groups is 1. The molecule has 4 aliphatic rings. The van der Waals surface area contributed by atoms with Crippen LogP contribution in [0.3, 0.4) is 0 Å². The highest BCUT2D eigenvalue weighted by Gasteiger charge is 2.69. The molecule has 1 aromatic heterocycles. The average molecular weight is 602 g/mol. The Balaban J connectivity index is 1.14. The summed E-state index contributed by atoms with van der Waals surface area (Å²) in [4.78, 5) is 58.2. The zero-order valence-corrected chi connectivity index (χ0v) is 25.8. The van der Waals surface area contributed by atoms with E-state index in [0.29, 0.717) is 5.69 Å². The number of anilines is 1. The monoisotopic (exact) mass is 601 g/mol. The summed E-state index contributed by atoms with van der Waals surface area (Å²) in [5, 5.41) is 3.95. The van der Waals surface area contributed by atoms with Crippen molar-refractivity contribution < 1.29 is 14.4 Å². The molecule has 9 heteroatoms. The van der Waals surface area contributed by atoms with E-state index >= 15 is 0 Å². The minimum atomic E-state index is -0.349. The normalized spacial score (nSPS) is 29.4. The van der Waals surface area contributed by atoms with Crippen LogP contribution in [0.5, 0.6) is 0 Å². The largest absolute Gasteiger partial charge is 0.326 e. The van der Waals surface area contributed by atoms with Crippen LogP contribution < -0.4 is 10.2 Å². The van der Waals surface area contributed by atoms with Crippen molar-refractivity contribution in [3.8, 4) is 0 Å². The van der Waals surface area contributed by atoms with E-state index in [4.69, 9.17) is 0 Å². The molecular weight excluding hydrogens is 567 g/mol. The average Bonchev–Trinajstić information content (AvgIpc) is 3.67. The summed E-state index contributed by atoms with van der Waals surface area (Å²) in [7, 11) is 0. The summed E-state index contributed by atoms with van der Waals surface area (Å²) >= 11 is 2.98. The van der Waals surface area contributed by atoms with Crippen LogP contribution in [0, 0.1) is 36.5 Å². The number of likely N-dealkylation sites (tertiary alicyclic amines) is 1. The molecule has 2 aromatic carbocycles. The number of fused-ring (bicyclic) bond motifs is 9. The number of hydrogen-bond acceptors (Lipinski definition) is 6. The molecule has 2 bridgehead atoms. The number of H-pyrrole nitrogens is 1. The Bertz CT molecular complexity index is 1640. The maximum Gasteiger partial charge on any atom is 0.305 e. The second kappa shape index (κ2) is 9.95. The van der Waals surface area contributed by atoms with Gasteiger partial charge in [-0.3, -0.25) is 24.1 Å². The van der Waals surface area contributed by atoms with Crippen LogP contribution >= 0.6 is 23.1 Å². The van der Waals surface area contributed by atoms with E-state index in [2.05, 4.69) is 55.3 Å². The number of nitrogens with zero attached hydrogens (tertiary/aromatic N) is 1. The van der Waals surface area contributed by atoms with E-state index in [1.165, 1.54) is 27.4 Å². The molecule has 218 valence electrons. The summed E-state index contributed by atoms with van der Waals surface area (Å²) in [5.41, 5.74) is 4.26. The first-order valence-electron chi connectivity index (χ1n) is 14.7. The molecule has 2 aliphatic heterocycles. The standard InChI is InChI=1S/C33H35N3O4S2/c1-16-5-11-19(12-6-16)34-22(37)13-14-36-30(38)25-20-15-21(26(25)31(36)39)27-24(20)23(28-29(41-27)35-32(40)42-28)17-7-9-18(10-8-17)33(2,3)4/h5-12,20-21,23-27H,13-15H2,1-4H3,(H,34,37)(H,35,40). The van der Waals surface area contributed by atoms with Crippen LogP contribution in [-0.2, 0) is 19.8 Å². The van der Waals surface area contributed by atoms with E-state index < -0.39 is 0 Å². The molecule has 0 radical (unpaired) electrons. The number of amides is 3. The van der Waals surface area contributed by atoms with Crippen LogP contribution in [0.2, 0.25) is 0 Å². The number of benzene rings is 2. The van der Waals surface area contributed by atoms with Gasteiger partial charge in [-0.15, -0.1) is 11.8 Å². The predicted octanol–water partition coefficient (Wildman–Crippen LogP) is 5.54. The van der Waals surface area contributed by atoms with Gasteiger partial charge in [-0.25, -0.2) is 0 Å². The van der Waals surface area contributed by atoms with Crippen molar-refractivity contribution in [2.45, 2.75) is 62.1 Å². The Morgan fingerprint density at radius 3 is 2.31 bits per heavy atom. The van der Waals surface area contributed by atoms with Crippen LogP contribution in [0.4, 0.5) is 5.69 Å². The van der Waals surface area contributed by atoms with Gasteiger partial charge in [-0.2, -0.15) is 0 Å². The van der Waals surface area contributed by atoms with Gasteiger partial charge in [0.25, 0.3) is 0 Å². The van der Waals surface area contributed by atoms with E-state index in [1.54, 1.807) is 11.8 Å². The minimum absolute atomic E-state index is 0.0115. The molecule has 2 N–H and O–H groups in total. The topological polar surface area (TPSA) is 99.3 Å². The molecule has 3 amide bonds. The third-order valence-corrected chi connectivity index (χ3v) is 12.4. The maximum atomic E-state index is 13.8. The van der Waals surface area contributed by atoms with Crippen molar-refractivity contribution in [2.24, 2.45) is 29.6 Å². The van der Waals surface area contributed by atoms with E-state index in [9.17, 15) is 19.2 Å². The minimum Gasteiger partial charge on any atom is -0.326 e. The molecular formula is C33H35N3O4S2. The summed E-state index contributed by atoms with van der Waals surface area (Å²) < 4.78 is 0. The van der Waals surface area contributed by atoms with Crippen molar-refractivity contribution in [3.05, 3.63) is 79.8 Å². The molecule has 2 aliphatic carbocycles. The number of carbonyl (C=O) groups excluding carboxylic acids is 3. The molecule has 2 saturated carbocycles. The van der Waals surface area contributed by atoms with Gasteiger partial charge in [0.2, 0.25) is 17.7 Å². The number of nitrogens with one attached hydrogen (secondary N) is 2. The molecule has 7 rings (SSSR count). The molecule has 1 saturated heterocycles. The fraction of sp³-hybridized carbons (Fsp3) is 0.455. The highest BCUT2D eigenvalue weighted by Crippen LogP contribution is 2.68. The second-order valence-electron chi connectivity index (χ2n) is 13.3. The number of rotatable bonds is 5. The fourth-order valence-corrected chi connectivity index (χ4v) is 10.8. The molecule has 3 aromatic rings. The van der Waals surface area contributed by atoms with Gasteiger partial charge >= 0.3 is 4.87 Å². The number of carbonyl (C=O) groups is 3. The number of thiazole rings is 1. The number of hydrogen-bond donors (Lipinski definition) is 2. The fourth-order valence-electron chi connectivity index (χ4n) is 7.94. The summed E-state index contributed by atoms with van der Waals surface area (Å²) in [5.74, 6) is -0.834. The first kappa shape index (κ1) is 27.7. The van der Waals surface area contributed by atoms with Crippen LogP contribution in [0.1, 0.15) is 61.1 Å². The molecule has 3 heterocycles. The lowest BCUT2D eigenvalue weighted by Crippen LogP contribution is -2.42. The van der Waals surface area contributed by atoms with Gasteiger partial charge in [-0.1, -0.05) is 74.1 Å². The summed E-state index contributed by atoms with van der Waals surface area (Å²) in [6.07, 6.45) is 0.926. The zero-order valence-electron chi connectivity index (χ0n) is 24.2. The smallest absolute Gasteiger partial charge is 0.305 e. The van der Waals surface area contributed by atoms with E-state index in [-0.39, 0.29) is 81.7 Å². The van der Waals surface area contributed by atoms with Crippen LogP contribution in [0.15, 0.2) is 58.4 Å². The Morgan fingerprint density at radius 2 is 1.64 bits per heavy atom. The zero-order chi connectivity index (χ0) is 29.5. The lowest BCUT2D eigenvalue weighted by Gasteiger charge is -2.43. The molecule has 7 atom stereocenters. The van der Waals surface area contributed by atoms with Crippen LogP contribution in [-0.4, -0.2) is 39.4 Å². The quantitative estimate of drug-likeness (QED) is 0.374. The third-order valence-electron chi connectivity index (χ3n) is 9.85. The van der Waals surface area contributed by atoms with Crippen molar-refractivity contribution >= 4 is 46.5 Å². The van der Waals surface area contributed by atoms with Gasteiger partial charge in [0.1, 0.15) is 0 Å². The molecule has 3 fully saturated rings. The Kier molecular flexibility index (Phi) is 6.55. The first-order valence-corrected chi connectivity index (χ1v) is 16.4. The van der Waals surface area contributed by atoms with Crippen molar-refractivity contribution in [1.82, 2.24) is 9.88 Å². The highest BCUT2D eigenvalue weighted by atomic mass is 32.2. The van der Waals surface area contributed by atoms with Crippen molar-refractivity contribution in [2.75, 3.05) is 11.9 Å². The van der Waals surface area contributed by atoms with Crippen molar-refractivity contribution in [1.29, 1.82) is 0 Å². The third kappa shape index (κ3) is 4.39. The summed E-state index contributed by atoms with van der Waals surface area (Å²) in [6, 6.07) is 16.3. The van der Waals surface area contributed by atoms with Crippen molar-refractivity contribution in [3.63, 3.8) is 0 Å². The molecule has 7 unspecified atom stereocenters. The number of aromatic nitrogens is 1. The Labute approximate surface area is 253 Å². The molecule has 0 spiro atoms. The van der Waals surface area contributed by atoms with E-state index in [0.717, 1.165) is 21.9 Å². The van der Waals surface area contributed by atoms with Gasteiger partial charge in [0.15, 0.2) is 0 Å². The lowest BCUT2D eigenvalue weighted by atomic mass is 9.68.